The molecule has 3 aromatic carbocycles. The minimum atomic E-state index is 0.947. The third-order valence-corrected chi connectivity index (χ3v) is 3.78. The first-order chi connectivity index (χ1) is 10.3. The van der Waals surface area contributed by atoms with E-state index in [9.17, 15) is 0 Å². The van der Waals surface area contributed by atoms with Crippen LogP contribution in [0.15, 0.2) is 72.8 Å². The lowest BCUT2D eigenvalue weighted by Gasteiger charge is -2.15. The van der Waals surface area contributed by atoms with Gasteiger partial charge in [0, 0.05) is 5.56 Å². The third kappa shape index (κ3) is 2.55. The molecule has 1 heteroatoms. The van der Waals surface area contributed by atoms with Crippen LogP contribution in [0.5, 0.6) is 5.75 Å². The SMILES string of the molecule is COc1c(-c2ccccc2)ccc(-c2ccccc2)c1C. The Morgan fingerprint density at radius 3 is 1.62 bits per heavy atom. The Bertz CT molecular complexity index is 731. The van der Waals surface area contributed by atoms with Gasteiger partial charge >= 0.3 is 0 Å². The molecule has 0 aliphatic rings. The molecule has 0 fully saturated rings. The standard InChI is InChI=1S/C20H18O/c1-15-18(16-9-5-3-6-10-16)13-14-19(20(15)21-2)17-11-7-4-8-12-17/h3-14H,1-2H3. The van der Waals surface area contributed by atoms with Crippen LogP contribution in [0.1, 0.15) is 5.56 Å². The fourth-order valence-corrected chi connectivity index (χ4v) is 2.73. The summed E-state index contributed by atoms with van der Waals surface area (Å²) in [5.74, 6) is 0.947. The zero-order valence-corrected chi connectivity index (χ0v) is 12.3. The maximum absolute atomic E-state index is 5.69. The molecule has 104 valence electrons. The molecule has 0 atom stereocenters. The van der Waals surface area contributed by atoms with Crippen LogP contribution in [0.3, 0.4) is 0 Å². The van der Waals surface area contributed by atoms with Gasteiger partial charge in [0.05, 0.1) is 7.11 Å². The van der Waals surface area contributed by atoms with E-state index < -0.39 is 0 Å². The van der Waals surface area contributed by atoms with E-state index in [-0.39, 0.29) is 0 Å². The molecule has 0 aromatic heterocycles. The van der Waals surface area contributed by atoms with E-state index in [1.807, 2.05) is 12.1 Å². The van der Waals surface area contributed by atoms with Crippen molar-refractivity contribution < 1.29 is 4.74 Å². The summed E-state index contributed by atoms with van der Waals surface area (Å²) in [5, 5.41) is 0. The monoisotopic (exact) mass is 274 g/mol. The number of benzene rings is 3. The van der Waals surface area contributed by atoms with Crippen LogP contribution in [0.25, 0.3) is 22.3 Å². The maximum Gasteiger partial charge on any atom is 0.130 e. The molecule has 3 aromatic rings. The van der Waals surface area contributed by atoms with Gasteiger partial charge in [0.25, 0.3) is 0 Å². The highest BCUT2D eigenvalue weighted by atomic mass is 16.5. The van der Waals surface area contributed by atoms with Crippen molar-refractivity contribution in [2.24, 2.45) is 0 Å². The predicted molar refractivity (Wildman–Crippen MR) is 88.6 cm³/mol. The van der Waals surface area contributed by atoms with E-state index in [4.69, 9.17) is 4.74 Å². The fraction of sp³-hybridized carbons (Fsp3) is 0.100. The van der Waals surface area contributed by atoms with E-state index in [1.165, 1.54) is 22.3 Å². The highest BCUT2D eigenvalue weighted by Gasteiger charge is 2.12. The largest absolute Gasteiger partial charge is 0.496 e. The van der Waals surface area contributed by atoms with Crippen LogP contribution < -0.4 is 4.74 Å². The van der Waals surface area contributed by atoms with Crippen molar-refractivity contribution in [3.05, 3.63) is 78.4 Å². The highest BCUT2D eigenvalue weighted by molar-refractivity contribution is 5.79. The zero-order valence-electron chi connectivity index (χ0n) is 12.3. The van der Waals surface area contributed by atoms with E-state index in [0.717, 1.165) is 11.3 Å². The van der Waals surface area contributed by atoms with Crippen LogP contribution in [-0.4, -0.2) is 7.11 Å². The molecule has 0 amide bonds. The minimum absolute atomic E-state index is 0.947. The number of methoxy groups -OCH3 is 1. The summed E-state index contributed by atoms with van der Waals surface area (Å²) >= 11 is 0. The zero-order chi connectivity index (χ0) is 14.7. The van der Waals surface area contributed by atoms with Crippen molar-refractivity contribution in [1.29, 1.82) is 0 Å². The van der Waals surface area contributed by atoms with E-state index >= 15 is 0 Å². The molecule has 0 aliphatic carbocycles. The summed E-state index contributed by atoms with van der Waals surface area (Å²) in [6.45, 7) is 2.12. The van der Waals surface area contributed by atoms with Crippen molar-refractivity contribution in [1.82, 2.24) is 0 Å². The van der Waals surface area contributed by atoms with Gasteiger partial charge in [0.1, 0.15) is 5.75 Å². The molecule has 0 bridgehead atoms. The number of rotatable bonds is 3. The number of hydrogen-bond donors (Lipinski definition) is 0. The molecule has 0 heterocycles. The number of hydrogen-bond acceptors (Lipinski definition) is 1. The molecule has 0 radical (unpaired) electrons. The molecule has 0 aliphatic heterocycles. The first-order valence-electron chi connectivity index (χ1n) is 7.09. The Balaban J connectivity index is 2.17. The van der Waals surface area contributed by atoms with Gasteiger partial charge in [-0.2, -0.15) is 0 Å². The second-order valence-corrected chi connectivity index (χ2v) is 5.05. The summed E-state index contributed by atoms with van der Waals surface area (Å²) in [6, 6.07) is 25.1. The number of ether oxygens (including phenoxy) is 1. The van der Waals surface area contributed by atoms with Crippen molar-refractivity contribution in [3.8, 4) is 28.0 Å². The minimum Gasteiger partial charge on any atom is -0.496 e. The van der Waals surface area contributed by atoms with Crippen LogP contribution in [-0.2, 0) is 0 Å². The Morgan fingerprint density at radius 2 is 1.10 bits per heavy atom. The van der Waals surface area contributed by atoms with Crippen molar-refractivity contribution >= 4 is 0 Å². The van der Waals surface area contributed by atoms with Gasteiger partial charge in [-0.25, -0.2) is 0 Å². The van der Waals surface area contributed by atoms with Crippen LogP contribution >= 0.6 is 0 Å². The van der Waals surface area contributed by atoms with Crippen molar-refractivity contribution in [3.63, 3.8) is 0 Å². The Kier molecular flexibility index (Phi) is 3.74. The van der Waals surface area contributed by atoms with Gasteiger partial charge < -0.3 is 4.74 Å². The first kappa shape index (κ1) is 13.4. The van der Waals surface area contributed by atoms with Gasteiger partial charge in [-0.05, 0) is 29.2 Å². The van der Waals surface area contributed by atoms with Gasteiger partial charge in [-0.15, -0.1) is 0 Å². The molecule has 0 unspecified atom stereocenters. The molecule has 0 saturated carbocycles. The normalized spacial score (nSPS) is 10.4. The molecule has 1 nitrogen and oxygen atoms in total. The van der Waals surface area contributed by atoms with E-state index in [2.05, 4.69) is 67.6 Å². The van der Waals surface area contributed by atoms with E-state index in [1.54, 1.807) is 7.11 Å². The summed E-state index contributed by atoms with van der Waals surface area (Å²) < 4.78 is 5.69. The Labute approximate surface area is 125 Å². The molecule has 0 saturated heterocycles. The van der Waals surface area contributed by atoms with Gasteiger partial charge in [-0.1, -0.05) is 72.8 Å². The highest BCUT2D eigenvalue weighted by Crippen LogP contribution is 2.38. The lowest BCUT2D eigenvalue weighted by atomic mass is 9.94. The summed E-state index contributed by atoms with van der Waals surface area (Å²) in [6.07, 6.45) is 0. The fourth-order valence-electron chi connectivity index (χ4n) is 2.73. The Hall–Kier alpha value is -2.54. The maximum atomic E-state index is 5.69. The van der Waals surface area contributed by atoms with E-state index in [0.29, 0.717) is 0 Å². The van der Waals surface area contributed by atoms with Gasteiger partial charge in [0.2, 0.25) is 0 Å². The molecular formula is C20H18O. The smallest absolute Gasteiger partial charge is 0.130 e. The second-order valence-electron chi connectivity index (χ2n) is 5.05. The molecule has 3 rings (SSSR count). The molecule has 0 N–H and O–H groups in total. The van der Waals surface area contributed by atoms with Crippen LogP contribution in [0.2, 0.25) is 0 Å². The lowest BCUT2D eigenvalue weighted by Crippen LogP contribution is -1.94. The quantitative estimate of drug-likeness (QED) is 0.626. The molecule has 21 heavy (non-hydrogen) atoms. The first-order valence-corrected chi connectivity index (χ1v) is 7.09. The van der Waals surface area contributed by atoms with Gasteiger partial charge in [0.15, 0.2) is 0 Å². The molecule has 0 spiro atoms. The second kappa shape index (κ2) is 5.84. The van der Waals surface area contributed by atoms with Crippen molar-refractivity contribution in [2.45, 2.75) is 6.92 Å². The van der Waals surface area contributed by atoms with Crippen LogP contribution in [0.4, 0.5) is 0 Å². The average Bonchev–Trinajstić information content (AvgIpc) is 2.56. The third-order valence-electron chi connectivity index (χ3n) is 3.78. The van der Waals surface area contributed by atoms with Crippen LogP contribution in [0, 0.1) is 6.92 Å². The lowest BCUT2D eigenvalue weighted by molar-refractivity contribution is 0.413. The topological polar surface area (TPSA) is 9.23 Å². The van der Waals surface area contributed by atoms with Gasteiger partial charge in [-0.3, -0.25) is 0 Å². The molecular weight excluding hydrogens is 256 g/mol. The van der Waals surface area contributed by atoms with Crippen molar-refractivity contribution in [2.75, 3.05) is 7.11 Å². The Morgan fingerprint density at radius 1 is 0.619 bits per heavy atom. The summed E-state index contributed by atoms with van der Waals surface area (Å²) in [7, 11) is 1.74. The average molecular weight is 274 g/mol. The predicted octanol–water partition coefficient (Wildman–Crippen LogP) is 5.34. The summed E-state index contributed by atoms with van der Waals surface area (Å²) in [5.41, 5.74) is 5.91. The summed E-state index contributed by atoms with van der Waals surface area (Å²) in [4.78, 5) is 0.